The van der Waals surface area contributed by atoms with E-state index in [1.807, 2.05) is 48.5 Å². The van der Waals surface area contributed by atoms with Crippen molar-refractivity contribution in [3.8, 4) is 5.75 Å². The predicted octanol–water partition coefficient (Wildman–Crippen LogP) is 3.23. The third-order valence-corrected chi connectivity index (χ3v) is 6.08. The van der Waals surface area contributed by atoms with E-state index in [1.54, 1.807) is 38.1 Å². The molecule has 0 aliphatic rings. The molecule has 41 heavy (non-hydrogen) atoms. The number of hydrogen-bond acceptors (Lipinski definition) is 7. The van der Waals surface area contributed by atoms with Gasteiger partial charge in [-0.15, -0.1) is 0 Å². The Morgan fingerprint density at radius 3 is 1.95 bits per heavy atom. The number of amides is 3. The molecule has 0 bridgehead atoms. The summed E-state index contributed by atoms with van der Waals surface area (Å²) in [6, 6.07) is 22.1. The lowest BCUT2D eigenvalue weighted by atomic mass is 9.98. The van der Waals surface area contributed by atoms with Crippen LogP contribution in [0.15, 0.2) is 84.9 Å². The Kier molecular flexibility index (Phi) is 11.9. The fourth-order valence-corrected chi connectivity index (χ4v) is 3.77. The number of ketones is 1. The van der Waals surface area contributed by atoms with Crippen LogP contribution in [0.5, 0.6) is 5.75 Å². The molecule has 3 rings (SSSR count). The Hall–Kier alpha value is -4.70. The van der Waals surface area contributed by atoms with Crippen LogP contribution in [0.4, 0.5) is 4.79 Å². The fourth-order valence-electron chi connectivity index (χ4n) is 3.77. The van der Waals surface area contributed by atoms with Gasteiger partial charge in [0.05, 0.1) is 19.3 Å². The zero-order chi connectivity index (χ0) is 29.6. The third-order valence-electron chi connectivity index (χ3n) is 6.08. The molecular weight excluding hydrogens is 526 g/mol. The maximum absolute atomic E-state index is 13.3. The van der Waals surface area contributed by atoms with Gasteiger partial charge in [-0.2, -0.15) is 0 Å². The Morgan fingerprint density at radius 2 is 1.34 bits per heavy atom. The highest BCUT2D eigenvalue weighted by Gasteiger charge is 2.32. The first-order chi connectivity index (χ1) is 19.7. The van der Waals surface area contributed by atoms with Crippen LogP contribution in [0.25, 0.3) is 0 Å². The van der Waals surface area contributed by atoms with Gasteiger partial charge in [0.1, 0.15) is 18.4 Å². The lowest BCUT2D eigenvalue weighted by Gasteiger charge is -2.24. The molecule has 0 saturated carbocycles. The van der Waals surface area contributed by atoms with Crippen molar-refractivity contribution in [2.45, 2.75) is 45.7 Å². The van der Waals surface area contributed by atoms with Gasteiger partial charge in [-0.3, -0.25) is 14.4 Å². The number of aromatic hydroxyl groups is 1. The van der Waals surface area contributed by atoms with Gasteiger partial charge in [0.2, 0.25) is 11.7 Å². The highest BCUT2D eigenvalue weighted by atomic mass is 16.5. The topological polar surface area (TPSA) is 143 Å². The Labute approximate surface area is 239 Å². The monoisotopic (exact) mass is 561 g/mol. The molecule has 0 spiro atoms. The van der Waals surface area contributed by atoms with Crippen molar-refractivity contribution in [1.82, 2.24) is 16.0 Å². The predicted molar refractivity (Wildman–Crippen MR) is 151 cm³/mol. The zero-order valence-electron chi connectivity index (χ0n) is 23.0. The zero-order valence-corrected chi connectivity index (χ0v) is 23.0. The normalized spacial score (nSPS) is 12.2. The van der Waals surface area contributed by atoms with Crippen LogP contribution < -0.4 is 16.0 Å². The Bertz CT molecular complexity index is 1280. The second-order valence-corrected chi connectivity index (χ2v) is 9.70. The minimum Gasteiger partial charge on any atom is -0.508 e. The molecular formula is C31H35N3O7. The van der Waals surface area contributed by atoms with Gasteiger partial charge in [-0.25, -0.2) is 4.79 Å². The van der Waals surface area contributed by atoms with Crippen molar-refractivity contribution in [2.75, 3.05) is 6.61 Å². The SMILES string of the molecule is CC(C)[C@H](NC(=O)[C@H](COCc1ccc(O)cc1)NC(=O)OCc1ccccc1)C(=O)C(=O)NCc1ccccc1. The standard InChI is InChI=1S/C31H35N3O7/c1-21(2)27(28(36)30(38)32-17-22-9-5-3-6-10-22)34-29(37)26(20-40-18-24-13-15-25(35)16-14-24)33-31(39)41-19-23-11-7-4-8-12-23/h3-16,21,26-27,35H,17-20H2,1-2H3,(H,32,38)(H,33,39)(H,34,37)/t26-,27-/m0/s1. The van der Waals surface area contributed by atoms with Gasteiger partial charge in [-0.1, -0.05) is 86.6 Å². The van der Waals surface area contributed by atoms with Crippen molar-refractivity contribution in [3.05, 3.63) is 102 Å². The lowest BCUT2D eigenvalue weighted by Crippen LogP contribution is -2.56. The molecule has 2 atom stereocenters. The van der Waals surface area contributed by atoms with Crippen LogP contribution in [0.2, 0.25) is 0 Å². The Morgan fingerprint density at radius 1 is 0.756 bits per heavy atom. The van der Waals surface area contributed by atoms with Crippen LogP contribution in [-0.4, -0.2) is 47.5 Å². The number of alkyl carbamates (subject to hydrolysis) is 1. The van der Waals surface area contributed by atoms with Crippen LogP contribution in [-0.2, 0) is 43.6 Å². The summed E-state index contributed by atoms with van der Waals surface area (Å²) in [5.74, 6) is -2.67. The summed E-state index contributed by atoms with van der Waals surface area (Å²) in [6.45, 7) is 3.40. The van der Waals surface area contributed by atoms with E-state index in [9.17, 15) is 24.3 Å². The van der Waals surface area contributed by atoms with Crippen molar-refractivity contribution in [2.24, 2.45) is 5.92 Å². The van der Waals surface area contributed by atoms with E-state index in [4.69, 9.17) is 9.47 Å². The number of benzene rings is 3. The summed E-state index contributed by atoms with van der Waals surface area (Å²) in [5, 5.41) is 17.1. The van der Waals surface area contributed by atoms with Gasteiger partial charge in [0, 0.05) is 6.54 Å². The number of carbonyl (C=O) groups excluding carboxylic acids is 4. The number of hydrogen-bond donors (Lipinski definition) is 4. The number of carbonyl (C=O) groups is 4. The van der Waals surface area contributed by atoms with Crippen LogP contribution in [0, 0.1) is 5.92 Å². The molecule has 0 heterocycles. The van der Waals surface area contributed by atoms with E-state index in [1.165, 1.54) is 12.1 Å². The summed E-state index contributed by atoms with van der Waals surface area (Å²) < 4.78 is 10.9. The smallest absolute Gasteiger partial charge is 0.408 e. The first-order valence-electron chi connectivity index (χ1n) is 13.2. The number of phenols is 1. The largest absolute Gasteiger partial charge is 0.508 e. The lowest BCUT2D eigenvalue weighted by molar-refractivity contribution is -0.141. The van der Waals surface area contributed by atoms with Crippen LogP contribution in [0.3, 0.4) is 0 Å². The molecule has 0 fully saturated rings. The average molecular weight is 562 g/mol. The van der Waals surface area contributed by atoms with E-state index in [0.717, 1.165) is 16.7 Å². The molecule has 3 aromatic carbocycles. The first kappa shape index (κ1) is 30.8. The number of phenolic OH excluding ortho intramolecular Hbond substituents is 1. The molecule has 3 aromatic rings. The minimum atomic E-state index is -1.23. The van der Waals surface area contributed by atoms with Crippen molar-refractivity contribution < 1.29 is 33.8 Å². The van der Waals surface area contributed by atoms with E-state index in [0.29, 0.717) is 0 Å². The summed E-state index contributed by atoms with van der Waals surface area (Å²) in [4.78, 5) is 51.4. The number of Topliss-reactive ketones (excluding diaryl/α,β-unsaturated/α-hetero) is 1. The highest BCUT2D eigenvalue weighted by Crippen LogP contribution is 2.11. The minimum absolute atomic E-state index is 0.00985. The molecule has 0 aliphatic heterocycles. The molecule has 0 saturated heterocycles. The third kappa shape index (κ3) is 10.4. The van der Waals surface area contributed by atoms with E-state index >= 15 is 0 Å². The molecule has 0 aromatic heterocycles. The molecule has 0 radical (unpaired) electrons. The summed E-state index contributed by atoms with van der Waals surface area (Å²) in [5.41, 5.74) is 2.32. The molecule has 216 valence electrons. The van der Waals surface area contributed by atoms with Crippen molar-refractivity contribution >= 4 is 23.7 Å². The maximum atomic E-state index is 13.3. The van der Waals surface area contributed by atoms with Gasteiger partial charge >= 0.3 is 6.09 Å². The summed E-state index contributed by atoms with van der Waals surface area (Å²) >= 11 is 0. The quantitative estimate of drug-likeness (QED) is 0.221. The van der Waals surface area contributed by atoms with Gasteiger partial charge in [0.25, 0.3) is 5.91 Å². The summed E-state index contributed by atoms with van der Waals surface area (Å²) in [7, 11) is 0. The second kappa shape index (κ2) is 15.8. The van der Waals surface area contributed by atoms with Crippen molar-refractivity contribution in [3.63, 3.8) is 0 Å². The molecule has 10 nitrogen and oxygen atoms in total. The first-order valence-corrected chi connectivity index (χ1v) is 13.2. The second-order valence-electron chi connectivity index (χ2n) is 9.70. The maximum Gasteiger partial charge on any atom is 0.408 e. The van der Waals surface area contributed by atoms with Gasteiger partial charge in [0.15, 0.2) is 0 Å². The highest BCUT2D eigenvalue weighted by molar-refractivity contribution is 6.38. The van der Waals surface area contributed by atoms with Crippen molar-refractivity contribution in [1.29, 1.82) is 0 Å². The van der Waals surface area contributed by atoms with Gasteiger partial charge < -0.3 is 30.5 Å². The van der Waals surface area contributed by atoms with Crippen LogP contribution >= 0.6 is 0 Å². The van der Waals surface area contributed by atoms with E-state index in [2.05, 4.69) is 16.0 Å². The molecule has 0 unspecified atom stereocenters. The van der Waals surface area contributed by atoms with Gasteiger partial charge in [-0.05, 0) is 34.7 Å². The fraction of sp³-hybridized carbons (Fsp3) is 0.290. The average Bonchev–Trinajstić information content (AvgIpc) is 2.98. The molecule has 0 aliphatic carbocycles. The number of nitrogens with one attached hydrogen (secondary N) is 3. The number of rotatable bonds is 14. The molecule has 10 heteroatoms. The molecule has 3 amide bonds. The van der Waals surface area contributed by atoms with E-state index < -0.39 is 41.7 Å². The Balaban J connectivity index is 1.64. The number of ether oxygens (including phenoxy) is 2. The molecule has 4 N–H and O–H groups in total. The van der Waals surface area contributed by atoms with Crippen LogP contribution in [0.1, 0.15) is 30.5 Å². The summed E-state index contributed by atoms with van der Waals surface area (Å²) in [6.07, 6.45) is -0.852. The van der Waals surface area contributed by atoms with E-state index in [-0.39, 0.29) is 32.1 Å².